The van der Waals surface area contributed by atoms with Gasteiger partial charge in [0.15, 0.2) is 0 Å². The third-order valence-corrected chi connectivity index (χ3v) is 25.8. The average molecular weight is 1680 g/mol. The molecule has 612 valence electrons. The van der Waals surface area contributed by atoms with Gasteiger partial charge in [0.1, 0.15) is 5.82 Å². The van der Waals surface area contributed by atoms with E-state index in [2.05, 4.69) is 498 Å². The fraction of sp³-hybridized carbons (Fsp3) is 0.0242. The molecule has 25 aromatic rings. The SMILES string of the molecule is Cc1cc(-c2cc3ccccc3c3ccccc23)ccc1-c1cccc(-c2ccc(-c3cc4ccccc4c4ccccc34)cc2C)c1.[B]CP.c1ccc(-c2c3ccccc3c(-c3ccc(-n4c(-c5ccccc5)nc5ccccc54)cc3)c3ccccc23)cc1.c1ccc2c(c1)c1ccccc1n2-c1ccc(-c2ccc(-n3c4ccccc4c4ccccc43)cc2)cc1. The lowest BCUT2D eigenvalue weighted by Crippen LogP contribution is -1.97. The summed E-state index contributed by atoms with van der Waals surface area (Å²) >= 11 is 0. The van der Waals surface area contributed by atoms with Gasteiger partial charge in [0.05, 0.1) is 40.9 Å². The second kappa shape index (κ2) is 34.7. The molecule has 1 atom stereocenters. The molecule has 0 N–H and O–H groups in total. The van der Waals surface area contributed by atoms with E-state index in [-0.39, 0.29) is 0 Å². The first-order chi connectivity index (χ1) is 64.3. The molecule has 4 nitrogen and oxygen atoms in total. The van der Waals surface area contributed by atoms with Crippen molar-refractivity contribution in [3.63, 3.8) is 0 Å². The number of benzene rings is 22. The van der Waals surface area contributed by atoms with E-state index in [4.69, 9.17) is 12.8 Å². The summed E-state index contributed by atoms with van der Waals surface area (Å²) in [7, 11) is 7.17. The fourth-order valence-corrected chi connectivity index (χ4v) is 20.0. The van der Waals surface area contributed by atoms with Crippen molar-refractivity contribution in [2.75, 3.05) is 6.06 Å². The summed E-state index contributed by atoms with van der Waals surface area (Å²) in [6.07, 6.45) is 0. The number of imidazole rings is 1. The van der Waals surface area contributed by atoms with E-state index < -0.39 is 0 Å². The number of para-hydroxylation sites is 6. The third-order valence-electron chi connectivity index (χ3n) is 25.8. The molecule has 3 heterocycles. The van der Waals surface area contributed by atoms with E-state index in [1.165, 1.54) is 209 Å². The largest absolute Gasteiger partial charge is 0.309 e. The van der Waals surface area contributed by atoms with Gasteiger partial charge in [-0.15, -0.1) is 9.24 Å². The van der Waals surface area contributed by atoms with Crippen molar-refractivity contribution in [2.24, 2.45) is 0 Å². The molecule has 0 spiro atoms. The summed E-state index contributed by atoms with van der Waals surface area (Å²) in [5, 5.41) is 20.5. The highest BCUT2D eigenvalue weighted by Gasteiger charge is 2.22. The maximum atomic E-state index is 5.02. The van der Waals surface area contributed by atoms with Crippen LogP contribution in [-0.2, 0) is 0 Å². The molecule has 22 aromatic carbocycles. The minimum atomic E-state index is 0.667. The first-order valence-corrected chi connectivity index (χ1v) is 45.4. The highest BCUT2D eigenvalue weighted by atomic mass is 31.0. The van der Waals surface area contributed by atoms with Crippen LogP contribution in [0.2, 0.25) is 0 Å². The van der Waals surface area contributed by atoms with Crippen LogP contribution in [-0.4, -0.2) is 32.6 Å². The van der Waals surface area contributed by atoms with Crippen molar-refractivity contribution in [3.8, 4) is 106 Å². The van der Waals surface area contributed by atoms with Gasteiger partial charge in [0, 0.05) is 44.2 Å². The molecular formula is C124H88BN4P. The van der Waals surface area contributed by atoms with Crippen molar-refractivity contribution >= 4 is 136 Å². The van der Waals surface area contributed by atoms with Gasteiger partial charge >= 0.3 is 0 Å². The number of fused-ring (bicyclic) bond motifs is 15. The van der Waals surface area contributed by atoms with Gasteiger partial charge in [-0.1, -0.05) is 388 Å². The molecule has 130 heavy (non-hydrogen) atoms. The summed E-state index contributed by atoms with van der Waals surface area (Å²) in [6, 6.07) is 172. The van der Waals surface area contributed by atoms with Crippen LogP contribution in [0.25, 0.3) is 226 Å². The number of hydrogen-bond donors (Lipinski definition) is 0. The Bertz CT molecular complexity index is 8100. The first-order valence-electron chi connectivity index (χ1n) is 44.6. The molecule has 0 aliphatic carbocycles. The molecule has 1 unspecified atom stereocenters. The smallest absolute Gasteiger partial charge is 0.145 e. The Labute approximate surface area is 760 Å². The Balaban J connectivity index is 0.000000113. The van der Waals surface area contributed by atoms with Crippen LogP contribution in [0, 0.1) is 13.8 Å². The predicted octanol–water partition coefficient (Wildman–Crippen LogP) is 33.5. The zero-order valence-electron chi connectivity index (χ0n) is 72.2. The first kappa shape index (κ1) is 79.8. The summed E-state index contributed by atoms with van der Waals surface area (Å²) < 4.78 is 6.99. The van der Waals surface area contributed by atoms with Crippen LogP contribution in [0.15, 0.2) is 473 Å². The van der Waals surface area contributed by atoms with Gasteiger partial charge in [-0.25, -0.2) is 4.98 Å². The number of hydrogen-bond acceptors (Lipinski definition) is 1. The molecule has 0 amide bonds. The number of aromatic nitrogens is 4. The number of nitrogens with zero attached hydrogens (tertiary/aromatic N) is 4. The molecule has 0 aliphatic heterocycles. The molecule has 0 saturated carbocycles. The lowest BCUT2D eigenvalue weighted by molar-refractivity contribution is 1.10. The Morgan fingerprint density at radius 1 is 0.208 bits per heavy atom. The average Bonchev–Trinajstić information content (AvgIpc) is 1.73. The maximum Gasteiger partial charge on any atom is 0.145 e. The van der Waals surface area contributed by atoms with Crippen molar-refractivity contribution in [1.82, 2.24) is 18.7 Å². The Morgan fingerprint density at radius 2 is 0.485 bits per heavy atom. The van der Waals surface area contributed by atoms with E-state index in [0.717, 1.165) is 28.1 Å². The Kier molecular flexibility index (Phi) is 21.3. The van der Waals surface area contributed by atoms with Crippen LogP contribution < -0.4 is 0 Å². The van der Waals surface area contributed by atoms with Crippen molar-refractivity contribution in [3.05, 3.63) is 484 Å². The Morgan fingerprint density at radius 3 is 0.877 bits per heavy atom. The zero-order valence-corrected chi connectivity index (χ0v) is 73.3. The minimum absolute atomic E-state index is 0.667. The zero-order chi connectivity index (χ0) is 87.1. The normalized spacial score (nSPS) is 11.4. The number of rotatable bonds is 11. The van der Waals surface area contributed by atoms with E-state index in [1.54, 1.807) is 0 Å². The summed E-state index contributed by atoms with van der Waals surface area (Å²) in [5.74, 6) is 0.947. The standard InChI is InChI=1S/C48H34.C39H26N2.C36H24N2.CH4BP/c1-31-26-37(47-29-35-12-3-5-16-41(35)43-18-7-9-20-45(43)47)22-24-39(31)33-14-11-15-34(28-33)40-25-23-38(27-32(40)2)48-30-36-13-4-6-17-42(36)44-19-8-10-21-46(44)48;1-3-13-27(14-4-1)37-31-17-7-9-19-33(31)38(34-20-10-8-18-32(34)37)28-23-25-30(26-24-28)41-36-22-12-11-21-35(36)40-39(41)29-15-5-2-6-16-29;1-5-13-33-29(9-1)30-10-2-6-14-34(30)37(33)27-21-17-25(18-22-27)26-19-23-28(24-20-26)38-35-15-7-3-11-31(35)32-12-4-8-16-36(32)38;2-1-3/h3-30H,1-2H3;1-26H;1-24H;1,3H2. The molecule has 25 rings (SSSR count). The van der Waals surface area contributed by atoms with E-state index >= 15 is 0 Å². The summed E-state index contributed by atoms with van der Waals surface area (Å²) in [5.41, 5.74) is 31.6. The second-order valence-electron chi connectivity index (χ2n) is 33.5. The van der Waals surface area contributed by atoms with Gasteiger partial charge in [0.25, 0.3) is 0 Å². The molecule has 0 fully saturated rings. The van der Waals surface area contributed by atoms with Gasteiger partial charge in [-0.3, -0.25) is 4.57 Å². The van der Waals surface area contributed by atoms with Crippen molar-refractivity contribution < 1.29 is 0 Å². The molecular weight excluding hydrogens is 1590 g/mol. The van der Waals surface area contributed by atoms with Crippen LogP contribution in [0.5, 0.6) is 0 Å². The molecule has 2 radical (unpaired) electrons. The predicted molar refractivity (Wildman–Crippen MR) is 561 cm³/mol. The van der Waals surface area contributed by atoms with E-state index in [9.17, 15) is 0 Å². The van der Waals surface area contributed by atoms with Crippen LogP contribution in [0.1, 0.15) is 11.1 Å². The van der Waals surface area contributed by atoms with Gasteiger partial charge in [0.2, 0.25) is 0 Å². The molecule has 3 aromatic heterocycles. The maximum absolute atomic E-state index is 5.02. The quantitative estimate of drug-likeness (QED) is 0.0549. The highest BCUT2D eigenvalue weighted by molar-refractivity contribution is 7.19. The lowest BCUT2D eigenvalue weighted by Gasteiger charge is -2.18. The molecule has 0 saturated heterocycles. The van der Waals surface area contributed by atoms with Gasteiger partial charge < -0.3 is 9.13 Å². The minimum Gasteiger partial charge on any atom is -0.309 e. The van der Waals surface area contributed by atoms with Crippen LogP contribution in [0.4, 0.5) is 0 Å². The molecule has 0 bridgehead atoms. The highest BCUT2D eigenvalue weighted by Crippen LogP contribution is 2.47. The molecule has 0 aliphatic rings. The topological polar surface area (TPSA) is 27.7 Å². The monoisotopic (exact) mass is 1670 g/mol. The van der Waals surface area contributed by atoms with Gasteiger partial charge in [-0.05, 0) is 258 Å². The van der Waals surface area contributed by atoms with Crippen LogP contribution >= 0.6 is 9.24 Å². The fourth-order valence-electron chi connectivity index (χ4n) is 20.0. The lowest BCUT2D eigenvalue weighted by atomic mass is 9.86. The third kappa shape index (κ3) is 14.6. The van der Waals surface area contributed by atoms with E-state index in [0.29, 0.717) is 6.06 Å². The summed E-state index contributed by atoms with van der Waals surface area (Å²) in [4.78, 5) is 5.02. The Hall–Kier alpha value is -16.0. The molecule has 6 heteroatoms. The van der Waals surface area contributed by atoms with Crippen LogP contribution in [0.3, 0.4) is 0 Å². The van der Waals surface area contributed by atoms with E-state index in [1.807, 2.05) is 12.1 Å². The second-order valence-corrected chi connectivity index (χ2v) is 33.9. The van der Waals surface area contributed by atoms with Gasteiger partial charge in [-0.2, -0.15) is 0 Å². The summed E-state index contributed by atoms with van der Waals surface area (Å²) in [6.45, 7) is 4.48. The van der Waals surface area contributed by atoms with Crippen molar-refractivity contribution in [1.29, 1.82) is 0 Å². The number of aryl methyl sites for hydroxylation is 2. The van der Waals surface area contributed by atoms with Crippen molar-refractivity contribution in [2.45, 2.75) is 13.8 Å².